The Labute approximate surface area is 134 Å². The minimum Gasteiger partial charge on any atom is -0.452 e. The molecule has 0 aliphatic rings. The number of carbonyl (C=O) groups is 2. The zero-order valence-electron chi connectivity index (χ0n) is 10.9. The molecule has 1 heterocycles. The van der Waals surface area contributed by atoms with Gasteiger partial charge in [-0.1, -0.05) is 0 Å². The molecule has 1 aromatic carbocycles. The largest absolute Gasteiger partial charge is 0.452 e. The van der Waals surface area contributed by atoms with Crippen molar-refractivity contribution in [3.63, 3.8) is 0 Å². The van der Waals surface area contributed by atoms with E-state index in [2.05, 4.69) is 32.9 Å². The Bertz CT molecular complexity index is 659. The van der Waals surface area contributed by atoms with E-state index in [1.807, 2.05) is 12.1 Å². The van der Waals surface area contributed by atoms with Crippen molar-refractivity contribution < 1.29 is 14.3 Å². The van der Waals surface area contributed by atoms with E-state index in [4.69, 9.17) is 10.5 Å². The highest BCUT2D eigenvalue weighted by atomic mass is 127. The molecule has 0 saturated carbocycles. The number of anilines is 2. The lowest BCUT2D eigenvalue weighted by Crippen LogP contribution is -2.21. The van der Waals surface area contributed by atoms with Gasteiger partial charge in [0.25, 0.3) is 5.91 Å². The number of hydrogen-bond donors (Lipinski definition) is 2. The predicted octanol–water partition coefficient (Wildman–Crippen LogP) is 2.06. The van der Waals surface area contributed by atoms with Gasteiger partial charge in [0.1, 0.15) is 11.4 Å². The Hall–Kier alpha value is -2.16. The summed E-state index contributed by atoms with van der Waals surface area (Å²) in [7, 11) is 0. The van der Waals surface area contributed by atoms with Crippen molar-refractivity contribution >= 4 is 46.0 Å². The van der Waals surface area contributed by atoms with Crippen molar-refractivity contribution in [2.75, 3.05) is 17.7 Å². The number of nitrogens with zero attached hydrogens (tertiary/aromatic N) is 1. The number of ether oxygens (including phenoxy) is 1. The second-order valence-electron chi connectivity index (χ2n) is 4.07. The van der Waals surface area contributed by atoms with Crippen LogP contribution in [0.25, 0.3) is 0 Å². The summed E-state index contributed by atoms with van der Waals surface area (Å²) < 4.78 is 5.95. The second-order valence-corrected chi connectivity index (χ2v) is 5.31. The summed E-state index contributed by atoms with van der Waals surface area (Å²) in [5, 5.41) is 2.62. The van der Waals surface area contributed by atoms with Crippen LogP contribution in [0, 0.1) is 3.57 Å². The number of hydrogen-bond acceptors (Lipinski definition) is 5. The molecule has 0 spiro atoms. The highest BCUT2D eigenvalue weighted by molar-refractivity contribution is 14.1. The van der Waals surface area contributed by atoms with Gasteiger partial charge in [0.2, 0.25) is 0 Å². The summed E-state index contributed by atoms with van der Waals surface area (Å²) in [6.07, 6.45) is 1.47. The second kappa shape index (κ2) is 7.02. The standard InChI is InChI=1S/C14H12IN3O3/c15-9-3-5-10(6-4-9)18-12(19)8-21-14(20)11-2-1-7-17-13(11)16/h1-7H,8H2,(H2,16,17)(H,18,19). The molecule has 6 nitrogen and oxygen atoms in total. The maximum atomic E-state index is 11.7. The van der Waals surface area contributed by atoms with Crippen LogP contribution in [-0.2, 0) is 9.53 Å². The first-order chi connectivity index (χ1) is 10.1. The molecular formula is C14H12IN3O3. The van der Waals surface area contributed by atoms with Crippen molar-refractivity contribution in [3.8, 4) is 0 Å². The van der Waals surface area contributed by atoms with E-state index in [9.17, 15) is 9.59 Å². The summed E-state index contributed by atoms with van der Waals surface area (Å²) in [5.41, 5.74) is 6.33. The van der Waals surface area contributed by atoms with Crippen LogP contribution < -0.4 is 11.1 Å². The lowest BCUT2D eigenvalue weighted by Gasteiger charge is -2.07. The van der Waals surface area contributed by atoms with Crippen LogP contribution in [0.4, 0.5) is 11.5 Å². The number of aromatic nitrogens is 1. The minimum atomic E-state index is -0.682. The molecule has 0 saturated heterocycles. The van der Waals surface area contributed by atoms with Gasteiger partial charge < -0.3 is 15.8 Å². The lowest BCUT2D eigenvalue weighted by molar-refractivity contribution is -0.119. The molecule has 108 valence electrons. The van der Waals surface area contributed by atoms with E-state index in [1.54, 1.807) is 18.2 Å². The summed E-state index contributed by atoms with van der Waals surface area (Å²) in [6, 6.07) is 10.3. The molecule has 0 unspecified atom stereocenters. The van der Waals surface area contributed by atoms with Crippen LogP contribution in [0.2, 0.25) is 0 Å². The average molecular weight is 397 g/mol. The predicted molar refractivity (Wildman–Crippen MR) is 86.7 cm³/mol. The third kappa shape index (κ3) is 4.42. The van der Waals surface area contributed by atoms with Gasteiger partial charge >= 0.3 is 5.97 Å². The molecule has 1 amide bonds. The van der Waals surface area contributed by atoms with Gasteiger partial charge in [-0.3, -0.25) is 4.79 Å². The van der Waals surface area contributed by atoms with Crippen LogP contribution in [0.3, 0.4) is 0 Å². The summed E-state index contributed by atoms with van der Waals surface area (Å²) in [4.78, 5) is 27.2. The van der Waals surface area contributed by atoms with Crippen molar-refractivity contribution in [1.29, 1.82) is 0 Å². The number of benzene rings is 1. The molecule has 0 radical (unpaired) electrons. The van der Waals surface area contributed by atoms with Crippen molar-refractivity contribution in [3.05, 3.63) is 51.7 Å². The summed E-state index contributed by atoms with van der Waals surface area (Å²) >= 11 is 2.17. The highest BCUT2D eigenvalue weighted by Crippen LogP contribution is 2.11. The van der Waals surface area contributed by atoms with Gasteiger partial charge in [-0.05, 0) is 59.0 Å². The van der Waals surface area contributed by atoms with Crippen LogP contribution in [-0.4, -0.2) is 23.5 Å². The normalized spacial score (nSPS) is 9.95. The lowest BCUT2D eigenvalue weighted by atomic mass is 10.2. The van der Waals surface area contributed by atoms with Crippen LogP contribution in [0.5, 0.6) is 0 Å². The summed E-state index contributed by atoms with van der Waals surface area (Å²) in [6.45, 7) is -0.390. The fourth-order valence-electron chi connectivity index (χ4n) is 1.53. The molecule has 2 aromatic rings. The van der Waals surface area contributed by atoms with E-state index in [-0.39, 0.29) is 18.0 Å². The molecule has 3 N–H and O–H groups in total. The number of nitrogens with two attached hydrogens (primary N) is 1. The number of esters is 1. The van der Waals surface area contributed by atoms with Crippen molar-refractivity contribution in [1.82, 2.24) is 4.98 Å². The Kier molecular flexibility index (Phi) is 5.09. The molecular weight excluding hydrogens is 385 g/mol. The van der Waals surface area contributed by atoms with Gasteiger partial charge in [-0.2, -0.15) is 0 Å². The van der Waals surface area contributed by atoms with E-state index in [1.165, 1.54) is 12.3 Å². The number of rotatable bonds is 4. The first kappa shape index (κ1) is 15.2. The van der Waals surface area contributed by atoms with Crippen LogP contribution >= 0.6 is 22.6 Å². The highest BCUT2D eigenvalue weighted by Gasteiger charge is 2.13. The monoisotopic (exact) mass is 397 g/mol. The summed E-state index contributed by atoms with van der Waals surface area (Å²) in [5.74, 6) is -1.04. The molecule has 7 heteroatoms. The maximum Gasteiger partial charge on any atom is 0.342 e. The molecule has 0 fully saturated rings. The fraction of sp³-hybridized carbons (Fsp3) is 0.0714. The van der Waals surface area contributed by atoms with E-state index >= 15 is 0 Å². The van der Waals surface area contributed by atoms with E-state index in [0.717, 1.165) is 3.57 Å². The third-order valence-corrected chi connectivity index (χ3v) is 3.24. The Balaban J connectivity index is 1.88. The number of halogens is 1. The third-order valence-electron chi connectivity index (χ3n) is 2.52. The quantitative estimate of drug-likeness (QED) is 0.609. The van der Waals surface area contributed by atoms with Gasteiger partial charge in [0, 0.05) is 15.5 Å². The number of carbonyl (C=O) groups excluding carboxylic acids is 2. The number of amides is 1. The molecule has 0 aliphatic carbocycles. The smallest absolute Gasteiger partial charge is 0.342 e. The van der Waals surface area contributed by atoms with Crippen molar-refractivity contribution in [2.45, 2.75) is 0 Å². The number of pyridine rings is 1. The van der Waals surface area contributed by atoms with Crippen molar-refractivity contribution in [2.24, 2.45) is 0 Å². The molecule has 1 aromatic heterocycles. The van der Waals surface area contributed by atoms with Gasteiger partial charge in [-0.25, -0.2) is 9.78 Å². The zero-order valence-corrected chi connectivity index (χ0v) is 13.0. The Morgan fingerprint density at radius 1 is 1.24 bits per heavy atom. The molecule has 0 bridgehead atoms. The topological polar surface area (TPSA) is 94.3 Å². The maximum absolute atomic E-state index is 11.7. The molecule has 0 aliphatic heterocycles. The van der Waals surface area contributed by atoms with Gasteiger partial charge in [-0.15, -0.1) is 0 Å². The van der Waals surface area contributed by atoms with E-state index < -0.39 is 11.9 Å². The van der Waals surface area contributed by atoms with Gasteiger partial charge in [0.15, 0.2) is 6.61 Å². The Morgan fingerprint density at radius 3 is 2.62 bits per heavy atom. The Morgan fingerprint density at radius 2 is 1.95 bits per heavy atom. The molecule has 0 atom stereocenters. The SMILES string of the molecule is Nc1ncccc1C(=O)OCC(=O)Nc1ccc(I)cc1. The minimum absolute atomic E-state index is 0.0699. The van der Waals surface area contributed by atoms with Crippen LogP contribution in [0.15, 0.2) is 42.6 Å². The first-order valence-electron chi connectivity index (χ1n) is 5.99. The first-order valence-corrected chi connectivity index (χ1v) is 7.07. The van der Waals surface area contributed by atoms with Gasteiger partial charge in [0.05, 0.1) is 0 Å². The molecule has 21 heavy (non-hydrogen) atoms. The fourth-order valence-corrected chi connectivity index (χ4v) is 1.89. The average Bonchev–Trinajstić information content (AvgIpc) is 2.48. The molecule has 2 rings (SSSR count). The number of nitrogens with one attached hydrogen (secondary N) is 1. The van der Waals surface area contributed by atoms with Crippen LogP contribution in [0.1, 0.15) is 10.4 Å². The van der Waals surface area contributed by atoms with E-state index in [0.29, 0.717) is 5.69 Å². The zero-order chi connectivity index (χ0) is 15.2. The number of nitrogen functional groups attached to an aromatic ring is 1.